The SMILES string of the molecule is CN(CC1CCN(Cc2ccccc2)CC1)CC1CNNC1c1ccc2c(c1)OCO2. The molecular weight excluding hydrogens is 388 g/mol. The highest BCUT2D eigenvalue weighted by Gasteiger charge is 2.31. The molecule has 31 heavy (non-hydrogen) atoms. The van der Waals surface area contributed by atoms with Crippen molar-refractivity contribution >= 4 is 0 Å². The zero-order valence-electron chi connectivity index (χ0n) is 18.4. The highest BCUT2D eigenvalue weighted by atomic mass is 16.7. The molecule has 2 saturated heterocycles. The van der Waals surface area contributed by atoms with Gasteiger partial charge in [0.05, 0.1) is 6.04 Å². The molecular formula is C25H34N4O2. The zero-order chi connectivity index (χ0) is 21.0. The van der Waals surface area contributed by atoms with Crippen LogP contribution in [0.5, 0.6) is 11.5 Å². The van der Waals surface area contributed by atoms with Crippen molar-refractivity contribution in [3.05, 3.63) is 59.7 Å². The van der Waals surface area contributed by atoms with Crippen LogP contribution in [-0.4, -0.2) is 56.4 Å². The molecule has 3 aliphatic rings. The predicted octanol–water partition coefficient (Wildman–Crippen LogP) is 3.02. The van der Waals surface area contributed by atoms with E-state index in [0.717, 1.165) is 37.1 Å². The molecule has 2 N–H and O–H groups in total. The van der Waals surface area contributed by atoms with Gasteiger partial charge in [-0.15, -0.1) is 0 Å². The van der Waals surface area contributed by atoms with Gasteiger partial charge in [0, 0.05) is 32.1 Å². The molecule has 0 saturated carbocycles. The molecule has 2 fully saturated rings. The first kappa shape index (κ1) is 20.8. The number of piperidine rings is 1. The van der Waals surface area contributed by atoms with Crippen LogP contribution in [0.3, 0.4) is 0 Å². The Hall–Kier alpha value is -2.12. The van der Waals surface area contributed by atoms with E-state index in [9.17, 15) is 0 Å². The van der Waals surface area contributed by atoms with E-state index in [-0.39, 0.29) is 0 Å². The lowest BCUT2D eigenvalue weighted by Crippen LogP contribution is -2.39. The van der Waals surface area contributed by atoms with Gasteiger partial charge >= 0.3 is 0 Å². The Balaban J connectivity index is 1.10. The van der Waals surface area contributed by atoms with Gasteiger partial charge in [-0.2, -0.15) is 0 Å². The number of fused-ring (bicyclic) bond motifs is 1. The summed E-state index contributed by atoms with van der Waals surface area (Å²) < 4.78 is 11.0. The molecule has 0 bridgehead atoms. The number of nitrogens with zero attached hydrogens (tertiary/aromatic N) is 2. The van der Waals surface area contributed by atoms with E-state index in [1.54, 1.807) is 0 Å². The molecule has 3 heterocycles. The van der Waals surface area contributed by atoms with E-state index in [2.05, 4.69) is 70.2 Å². The van der Waals surface area contributed by atoms with Crippen molar-refractivity contribution in [2.24, 2.45) is 11.8 Å². The molecule has 0 aromatic heterocycles. The third-order valence-electron chi connectivity index (χ3n) is 6.92. The summed E-state index contributed by atoms with van der Waals surface area (Å²) in [6, 6.07) is 17.5. The van der Waals surface area contributed by atoms with E-state index in [4.69, 9.17) is 9.47 Å². The number of ether oxygens (including phenoxy) is 2. The number of hydrazine groups is 1. The number of nitrogens with one attached hydrogen (secondary N) is 2. The quantitative estimate of drug-likeness (QED) is 0.715. The van der Waals surface area contributed by atoms with Crippen LogP contribution in [0.25, 0.3) is 0 Å². The van der Waals surface area contributed by atoms with Crippen LogP contribution < -0.4 is 20.3 Å². The molecule has 2 unspecified atom stereocenters. The van der Waals surface area contributed by atoms with Crippen LogP contribution in [0.1, 0.15) is 30.0 Å². The number of likely N-dealkylation sites (tertiary alicyclic amines) is 1. The van der Waals surface area contributed by atoms with Gasteiger partial charge in [0.1, 0.15) is 0 Å². The average molecular weight is 423 g/mol. The molecule has 0 spiro atoms. The summed E-state index contributed by atoms with van der Waals surface area (Å²) in [6.07, 6.45) is 2.59. The van der Waals surface area contributed by atoms with Crippen LogP contribution >= 0.6 is 0 Å². The molecule has 3 aliphatic heterocycles. The lowest BCUT2D eigenvalue weighted by molar-refractivity contribution is 0.142. The maximum absolute atomic E-state index is 5.58. The van der Waals surface area contributed by atoms with E-state index in [0.29, 0.717) is 18.8 Å². The Morgan fingerprint density at radius 2 is 1.81 bits per heavy atom. The standard InChI is InChI=1S/C25H34N4O2/c1-28(15-20-9-11-29(12-10-20)16-19-5-3-2-4-6-19)17-22-14-26-27-25(22)21-7-8-23-24(13-21)31-18-30-23/h2-8,13,20,22,25-27H,9-12,14-18H2,1H3. The lowest BCUT2D eigenvalue weighted by Gasteiger charge is -2.34. The maximum Gasteiger partial charge on any atom is 0.231 e. The van der Waals surface area contributed by atoms with Crippen molar-refractivity contribution in [2.45, 2.75) is 25.4 Å². The maximum atomic E-state index is 5.58. The minimum Gasteiger partial charge on any atom is -0.454 e. The Morgan fingerprint density at radius 1 is 1.00 bits per heavy atom. The van der Waals surface area contributed by atoms with Gasteiger partial charge in [-0.1, -0.05) is 36.4 Å². The number of hydrogen-bond donors (Lipinski definition) is 2. The lowest BCUT2D eigenvalue weighted by atomic mass is 9.92. The highest BCUT2D eigenvalue weighted by molar-refractivity contribution is 5.45. The van der Waals surface area contributed by atoms with E-state index < -0.39 is 0 Å². The molecule has 0 radical (unpaired) electrons. The summed E-state index contributed by atoms with van der Waals surface area (Å²) in [4.78, 5) is 5.14. The first-order valence-electron chi connectivity index (χ1n) is 11.6. The first-order chi connectivity index (χ1) is 15.2. The zero-order valence-corrected chi connectivity index (χ0v) is 18.4. The average Bonchev–Trinajstić information content (AvgIpc) is 3.44. The fourth-order valence-corrected chi connectivity index (χ4v) is 5.25. The van der Waals surface area contributed by atoms with Gasteiger partial charge in [0.25, 0.3) is 0 Å². The molecule has 6 nitrogen and oxygen atoms in total. The Morgan fingerprint density at radius 3 is 2.65 bits per heavy atom. The van der Waals surface area contributed by atoms with Crippen LogP contribution in [0, 0.1) is 11.8 Å². The van der Waals surface area contributed by atoms with Gasteiger partial charge in [0.2, 0.25) is 6.79 Å². The van der Waals surface area contributed by atoms with Crippen molar-refractivity contribution in [1.82, 2.24) is 20.7 Å². The molecule has 5 rings (SSSR count). The van der Waals surface area contributed by atoms with Gasteiger partial charge < -0.3 is 14.4 Å². The van der Waals surface area contributed by atoms with Crippen molar-refractivity contribution in [1.29, 1.82) is 0 Å². The van der Waals surface area contributed by atoms with Crippen LogP contribution in [-0.2, 0) is 6.54 Å². The second kappa shape index (κ2) is 9.57. The Kier molecular flexibility index (Phi) is 6.41. The fraction of sp³-hybridized carbons (Fsp3) is 0.520. The van der Waals surface area contributed by atoms with Gasteiger partial charge in [-0.25, -0.2) is 5.43 Å². The Bertz CT molecular complexity index is 854. The minimum absolute atomic E-state index is 0.296. The predicted molar refractivity (Wildman–Crippen MR) is 122 cm³/mol. The molecule has 0 amide bonds. The highest BCUT2D eigenvalue weighted by Crippen LogP contribution is 2.36. The monoisotopic (exact) mass is 422 g/mol. The molecule has 6 heteroatoms. The minimum atomic E-state index is 0.296. The largest absolute Gasteiger partial charge is 0.454 e. The first-order valence-corrected chi connectivity index (χ1v) is 11.6. The molecule has 2 atom stereocenters. The topological polar surface area (TPSA) is 49.0 Å². The van der Waals surface area contributed by atoms with E-state index in [1.807, 2.05) is 6.07 Å². The second-order valence-electron chi connectivity index (χ2n) is 9.30. The summed E-state index contributed by atoms with van der Waals surface area (Å²) in [7, 11) is 2.28. The molecule has 0 aliphatic carbocycles. The van der Waals surface area contributed by atoms with Crippen molar-refractivity contribution in [3.63, 3.8) is 0 Å². The Labute approximate surface area is 185 Å². The summed E-state index contributed by atoms with van der Waals surface area (Å²) in [5, 5.41) is 0. The summed E-state index contributed by atoms with van der Waals surface area (Å²) >= 11 is 0. The van der Waals surface area contributed by atoms with Crippen molar-refractivity contribution < 1.29 is 9.47 Å². The summed E-state index contributed by atoms with van der Waals surface area (Å²) in [6.45, 7) is 7.08. The van der Waals surface area contributed by atoms with Crippen molar-refractivity contribution in [2.75, 3.05) is 46.6 Å². The number of benzene rings is 2. The molecule has 2 aromatic rings. The summed E-state index contributed by atoms with van der Waals surface area (Å²) in [5.74, 6) is 3.04. The third-order valence-corrected chi connectivity index (χ3v) is 6.92. The van der Waals surface area contributed by atoms with Gasteiger partial charge in [-0.3, -0.25) is 10.3 Å². The molecule has 2 aromatic carbocycles. The van der Waals surface area contributed by atoms with Crippen LogP contribution in [0.15, 0.2) is 48.5 Å². The van der Waals surface area contributed by atoms with Crippen LogP contribution in [0.4, 0.5) is 0 Å². The number of rotatable bonds is 7. The molecule has 166 valence electrons. The smallest absolute Gasteiger partial charge is 0.231 e. The van der Waals surface area contributed by atoms with Crippen LogP contribution in [0.2, 0.25) is 0 Å². The normalized spacial score (nSPS) is 24.2. The number of hydrogen-bond acceptors (Lipinski definition) is 6. The fourth-order valence-electron chi connectivity index (χ4n) is 5.25. The second-order valence-corrected chi connectivity index (χ2v) is 9.30. The van der Waals surface area contributed by atoms with Gasteiger partial charge in [-0.05, 0) is 62.2 Å². The van der Waals surface area contributed by atoms with Crippen molar-refractivity contribution in [3.8, 4) is 11.5 Å². The van der Waals surface area contributed by atoms with E-state index >= 15 is 0 Å². The van der Waals surface area contributed by atoms with Gasteiger partial charge in [0.15, 0.2) is 11.5 Å². The van der Waals surface area contributed by atoms with E-state index in [1.165, 1.54) is 43.6 Å². The third kappa shape index (κ3) is 5.04. The summed E-state index contributed by atoms with van der Waals surface area (Å²) in [5.41, 5.74) is 9.53.